The lowest BCUT2D eigenvalue weighted by Gasteiger charge is -2.24. The van der Waals surface area contributed by atoms with Gasteiger partial charge in [-0.15, -0.1) is 0 Å². The minimum absolute atomic E-state index is 0.190. The molecule has 0 unspecified atom stereocenters. The van der Waals surface area contributed by atoms with Gasteiger partial charge in [-0.25, -0.2) is 0 Å². The van der Waals surface area contributed by atoms with Gasteiger partial charge in [-0.1, -0.05) is 12.1 Å². The van der Waals surface area contributed by atoms with Crippen LogP contribution in [0, 0.1) is 0 Å². The summed E-state index contributed by atoms with van der Waals surface area (Å²) in [4.78, 5) is 17.1. The van der Waals surface area contributed by atoms with Gasteiger partial charge >= 0.3 is 6.18 Å². The first-order chi connectivity index (χ1) is 15.3. The van der Waals surface area contributed by atoms with E-state index in [1.54, 1.807) is 36.3 Å². The molecule has 0 atom stereocenters. The Bertz CT molecular complexity index is 1110. The number of hydrogen-bond acceptors (Lipinski definition) is 3. The zero-order valence-electron chi connectivity index (χ0n) is 17.8. The number of carbonyl (C=O) groups is 1. The van der Waals surface area contributed by atoms with E-state index < -0.39 is 11.7 Å². The molecule has 4 nitrogen and oxygen atoms in total. The van der Waals surface area contributed by atoms with E-state index in [9.17, 15) is 18.0 Å². The van der Waals surface area contributed by atoms with E-state index in [0.717, 1.165) is 30.7 Å². The van der Waals surface area contributed by atoms with Gasteiger partial charge in [0.05, 0.1) is 19.2 Å². The van der Waals surface area contributed by atoms with Crippen LogP contribution in [0.3, 0.4) is 0 Å². The molecule has 0 N–H and O–H groups in total. The average Bonchev–Trinajstić information content (AvgIpc) is 3.16. The predicted octanol–water partition coefficient (Wildman–Crippen LogP) is 5.55. The molecule has 0 fully saturated rings. The van der Waals surface area contributed by atoms with Gasteiger partial charge in [0.2, 0.25) is 0 Å². The summed E-state index contributed by atoms with van der Waals surface area (Å²) >= 11 is 0. The fourth-order valence-electron chi connectivity index (χ4n) is 3.90. The summed E-state index contributed by atoms with van der Waals surface area (Å²) in [7, 11) is 3.60. The topological polar surface area (TPSA) is 32.8 Å². The van der Waals surface area contributed by atoms with E-state index in [1.165, 1.54) is 23.4 Å². The summed E-state index contributed by atoms with van der Waals surface area (Å²) in [6.07, 6.45) is -3.51. The number of amides is 1. The van der Waals surface area contributed by atoms with Crippen LogP contribution >= 0.6 is 0 Å². The van der Waals surface area contributed by atoms with Crippen molar-refractivity contribution in [2.45, 2.75) is 19.1 Å². The molecule has 7 heteroatoms. The number of carbonyl (C=O) groups excluding carboxylic acids is 1. The van der Waals surface area contributed by atoms with E-state index in [0.29, 0.717) is 18.0 Å². The highest BCUT2D eigenvalue weighted by atomic mass is 19.4. The molecular weight excluding hydrogens is 417 g/mol. The molecule has 0 saturated heterocycles. The van der Waals surface area contributed by atoms with Crippen LogP contribution in [0.1, 0.15) is 27.0 Å². The minimum atomic E-state index is -4.45. The number of benzene rings is 3. The van der Waals surface area contributed by atoms with Crippen LogP contribution in [0.25, 0.3) is 0 Å². The number of ether oxygens (including phenoxy) is 1. The largest absolute Gasteiger partial charge is 0.497 e. The first-order valence-corrected chi connectivity index (χ1v) is 10.2. The van der Waals surface area contributed by atoms with Gasteiger partial charge in [0.15, 0.2) is 0 Å². The van der Waals surface area contributed by atoms with Crippen LogP contribution in [-0.2, 0) is 19.1 Å². The number of methoxy groups -OCH3 is 1. The molecule has 0 spiro atoms. The maximum Gasteiger partial charge on any atom is 0.416 e. The number of likely N-dealkylation sites (N-methyl/N-ethyl adjacent to an activating group) is 1. The van der Waals surface area contributed by atoms with Crippen molar-refractivity contribution in [3.63, 3.8) is 0 Å². The summed E-state index contributed by atoms with van der Waals surface area (Å²) in [5.41, 5.74) is 3.39. The molecule has 0 aliphatic carbocycles. The number of fused-ring (bicyclic) bond motifs is 1. The lowest BCUT2D eigenvalue weighted by molar-refractivity contribution is -0.137. The third-order valence-corrected chi connectivity index (χ3v) is 5.70. The maximum atomic E-state index is 13.4. The van der Waals surface area contributed by atoms with Gasteiger partial charge in [-0.2, -0.15) is 13.2 Å². The fraction of sp³-hybridized carbons (Fsp3) is 0.240. The Balaban J connectivity index is 1.66. The molecule has 0 aromatic heterocycles. The lowest BCUT2D eigenvalue weighted by atomic mass is 10.1. The Morgan fingerprint density at radius 2 is 1.72 bits per heavy atom. The van der Waals surface area contributed by atoms with Crippen LogP contribution < -0.4 is 14.5 Å². The Kier molecular flexibility index (Phi) is 5.82. The van der Waals surface area contributed by atoms with Crippen molar-refractivity contribution < 1.29 is 22.7 Å². The van der Waals surface area contributed by atoms with Crippen LogP contribution in [0.5, 0.6) is 5.75 Å². The zero-order valence-corrected chi connectivity index (χ0v) is 17.8. The third kappa shape index (κ3) is 4.42. The molecule has 1 amide bonds. The quantitative estimate of drug-likeness (QED) is 0.521. The van der Waals surface area contributed by atoms with Crippen molar-refractivity contribution >= 4 is 17.3 Å². The van der Waals surface area contributed by atoms with E-state index in [-0.39, 0.29) is 11.5 Å². The SMILES string of the molecule is COc1ccc(N(Cc2ccc3c(c2)CCN3C)C(=O)c2ccc(C(F)(F)F)cc2)cc1. The van der Waals surface area contributed by atoms with Crippen molar-refractivity contribution in [3.05, 3.63) is 89.0 Å². The Hall–Kier alpha value is -3.48. The minimum Gasteiger partial charge on any atom is -0.497 e. The van der Waals surface area contributed by atoms with Crippen LogP contribution in [0.15, 0.2) is 66.7 Å². The Morgan fingerprint density at radius 1 is 1.03 bits per heavy atom. The predicted molar refractivity (Wildman–Crippen MR) is 118 cm³/mol. The highest BCUT2D eigenvalue weighted by Gasteiger charge is 2.30. The molecule has 1 aliphatic rings. The standard InChI is InChI=1S/C25H23F3N2O2/c1-29-14-13-19-15-17(3-12-23(19)29)16-30(21-8-10-22(32-2)11-9-21)24(31)18-4-6-20(7-5-18)25(26,27)28/h3-12,15H,13-14,16H2,1-2H3. The summed E-state index contributed by atoms with van der Waals surface area (Å²) in [5, 5.41) is 0. The first-order valence-electron chi connectivity index (χ1n) is 10.2. The van der Waals surface area contributed by atoms with E-state index >= 15 is 0 Å². The molecule has 32 heavy (non-hydrogen) atoms. The van der Waals surface area contributed by atoms with Crippen molar-refractivity contribution in [1.82, 2.24) is 0 Å². The second kappa shape index (κ2) is 8.57. The van der Waals surface area contributed by atoms with Crippen LogP contribution in [0.4, 0.5) is 24.5 Å². The normalized spacial score (nSPS) is 13.1. The summed E-state index contributed by atoms with van der Waals surface area (Å²) in [6.45, 7) is 1.24. The highest BCUT2D eigenvalue weighted by Crippen LogP contribution is 2.31. The maximum absolute atomic E-state index is 13.4. The van der Waals surface area contributed by atoms with Crippen molar-refractivity contribution in [3.8, 4) is 5.75 Å². The Labute approximate surface area is 184 Å². The molecule has 3 aromatic carbocycles. The van der Waals surface area contributed by atoms with Crippen LogP contribution in [-0.4, -0.2) is 26.6 Å². The van der Waals surface area contributed by atoms with Crippen molar-refractivity contribution in [2.75, 3.05) is 30.5 Å². The molecule has 3 aromatic rings. The van der Waals surface area contributed by atoms with Crippen molar-refractivity contribution in [1.29, 1.82) is 0 Å². The van der Waals surface area contributed by atoms with E-state index in [2.05, 4.69) is 11.0 Å². The third-order valence-electron chi connectivity index (χ3n) is 5.70. The summed E-state index contributed by atoms with van der Waals surface area (Å²) < 4.78 is 44.0. The summed E-state index contributed by atoms with van der Waals surface area (Å²) in [5.74, 6) is 0.276. The monoisotopic (exact) mass is 440 g/mol. The molecule has 0 radical (unpaired) electrons. The second-order valence-electron chi connectivity index (χ2n) is 7.80. The van der Waals surface area contributed by atoms with Gasteiger partial charge in [0.25, 0.3) is 5.91 Å². The molecule has 1 heterocycles. The first kappa shape index (κ1) is 21.7. The fourth-order valence-corrected chi connectivity index (χ4v) is 3.90. The molecule has 4 rings (SSSR count). The van der Waals surface area contributed by atoms with Crippen molar-refractivity contribution in [2.24, 2.45) is 0 Å². The second-order valence-corrected chi connectivity index (χ2v) is 7.80. The van der Waals surface area contributed by atoms with E-state index in [1.807, 2.05) is 19.2 Å². The molecule has 0 bridgehead atoms. The lowest BCUT2D eigenvalue weighted by Crippen LogP contribution is -2.30. The van der Waals surface area contributed by atoms with E-state index in [4.69, 9.17) is 4.74 Å². The van der Waals surface area contributed by atoms with Gasteiger partial charge < -0.3 is 14.5 Å². The molecule has 0 saturated carbocycles. The van der Waals surface area contributed by atoms with Crippen LogP contribution in [0.2, 0.25) is 0 Å². The Morgan fingerprint density at radius 3 is 2.34 bits per heavy atom. The molecule has 166 valence electrons. The number of rotatable bonds is 5. The number of nitrogens with zero attached hydrogens (tertiary/aromatic N) is 2. The number of alkyl halides is 3. The number of anilines is 2. The van der Waals surface area contributed by atoms with Gasteiger partial charge in [-0.05, 0) is 72.1 Å². The van der Waals surface area contributed by atoms with Gasteiger partial charge in [0.1, 0.15) is 5.75 Å². The average molecular weight is 440 g/mol. The summed E-state index contributed by atoms with van der Waals surface area (Å²) in [6, 6.07) is 17.5. The molecular formula is C25H23F3N2O2. The number of halogens is 3. The van der Waals surface area contributed by atoms with Gasteiger partial charge in [-0.3, -0.25) is 4.79 Å². The smallest absolute Gasteiger partial charge is 0.416 e. The highest BCUT2D eigenvalue weighted by molar-refractivity contribution is 6.06. The van der Waals surface area contributed by atoms with Gasteiger partial charge in [0, 0.05) is 30.5 Å². The molecule has 1 aliphatic heterocycles. The number of hydrogen-bond donors (Lipinski definition) is 0. The zero-order chi connectivity index (χ0) is 22.9.